The first-order chi connectivity index (χ1) is 8.43. The van der Waals surface area contributed by atoms with Crippen LogP contribution in [0.15, 0.2) is 48.8 Å². The molecule has 2 aromatic heterocycles. The summed E-state index contributed by atoms with van der Waals surface area (Å²) >= 11 is 0. The summed E-state index contributed by atoms with van der Waals surface area (Å²) in [5, 5.41) is 8.29. The van der Waals surface area contributed by atoms with Crippen molar-refractivity contribution in [2.24, 2.45) is 0 Å². The Morgan fingerprint density at radius 3 is 2.71 bits per heavy atom. The average molecular weight is 224 g/mol. The number of fused-ring (bicyclic) bond motifs is 1. The maximum absolute atomic E-state index is 4.16. The van der Waals surface area contributed by atoms with E-state index in [1.54, 1.807) is 0 Å². The third-order valence-electron chi connectivity index (χ3n) is 2.78. The molecule has 3 rings (SSSR count). The minimum Gasteiger partial charge on any atom is -0.265 e. The third-order valence-corrected chi connectivity index (χ3v) is 2.78. The predicted octanol–water partition coefficient (Wildman–Crippen LogP) is 2.07. The van der Waals surface area contributed by atoms with Gasteiger partial charge in [-0.15, -0.1) is 5.10 Å². The molecule has 17 heavy (non-hydrogen) atoms. The number of nitrogens with zero attached hydrogens (tertiary/aromatic N) is 4. The molecule has 0 amide bonds. The summed E-state index contributed by atoms with van der Waals surface area (Å²) in [7, 11) is 0. The van der Waals surface area contributed by atoms with E-state index in [0.717, 1.165) is 24.0 Å². The van der Waals surface area contributed by atoms with Gasteiger partial charge in [0.1, 0.15) is 5.52 Å². The predicted molar refractivity (Wildman–Crippen MR) is 65.5 cm³/mol. The van der Waals surface area contributed by atoms with Gasteiger partial charge in [0.15, 0.2) is 0 Å². The molecule has 0 fully saturated rings. The van der Waals surface area contributed by atoms with Crippen molar-refractivity contribution in [1.29, 1.82) is 0 Å². The Balaban J connectivity index is 1.82. The normalized spacial score (nSPS) is 10.8. The first-order valence-electron chi connectivity index (χ1n) is 5.60. The monoisotopic (exact) mass is 224 g/mol. The molecule has 0 atom stereocenters. The molecule has 0 saturated carbocycles. The summed E-state index contributed by atoms with van der Waals surface area (Å²) in [6.45, 7) is 0.838. The number of para-hydroxylation sites is 1. The van der Waals surface area contributed by atoms with Gasteiger partial charge in [-0.2, -0.15) is 0 Å². The Morgan fingerprint density at radius 2 is 1.82 bits per heavy atom. The highest BCUT2D eigenvalue weighted by atomic mass is 15.4. The fraction of sp³-hybridized carbons (Fsp3) is 0.154. The van der Waals surface area contributed by atoms with Crippen LogP contribution in [0, 0.1) is 0 Å². The first kappa shape index (κ1) is 9.96. The SMILES string of the molecule is c1ccc2c(c1)nnn2CCc1ccncc1. The summed E-state index contributed by atoms with van der Waals surface area (Å²) in [5.41, 5.74) is 3.29. The van der Waals surface area contributed by atoms with Crippen molar-refractivity contribution in [3.63, 3.8) is 0 Å². The summed E-state index contributed by atoms with van der Waals surface area (Å²) < 4.78 is 1.94. The van der Waals surface area contributed by atoms with Crippen molar-refractivity contribution in [3.05, 3.63) is 54.4 Å². The molecule has 2 heterocycles. The Hall–Kier alpha value is -2.23. The fourth-order valence-electron chi connectivity index (χ4n) is 1.87. The molecule has 4 nitrogen and oxygen atoms in total. The van der Waals surface area contributed by atoms with Crippen LogP contribution in [0.4, 0.5) is 0 Å². The summed E-state index contributed by atoms with van der Waals surface area (Å²) in [6.07, 6.45) is 4.57. The van der Waals surface area contributed by atoms with Gasteiger partial charge in [0, 0.05) is 18.9 Å². The highest BCUT2D eigenvalue weighted by Gasteiger charge is 2.02. The second-order valence-electron chi connectivity index (χ2n) is 3.91. The van der Waals surface area contributed by atoms with Crippen LogP contribution in [0.5, 0.6) is 0 Å². The zero-order chi connectivity index (χ0) is 11.5. The molecule has 0 radical (unpaired) electrons. The minimum atomic E-state index is 0.838. The largest absolute Gasteiger partial charge is 0.265 e. The van der Waals surface area contributed by atoms with E-state index in [-0.39, 0.29) is 0 Å². The van der Waals surface area contributed by atoms with Gasteiger partial charge in [-0.05, 0) is 36.2 Å². The maximum atomic E-state index is 4.16. The summed E-state index contributed by atoms with van der Waals surface area (Å²) in [5.74, 6) is 0. The number of aryl methyl sites for hydroxylation is 2. The molecule has 0 N–H and O–H groups in total. The second-order valence-corrected chi connectivity index (χ2v) is 3.91. The van der Waals surface area contributed by atoms with E-state index in [1.165, 1.54) is 5.56 Å². The zero-order valence-electron chi connectivity index (χ0n) is 9.32. The van der Waals surface area contributed by atoms with Crippen molar-refractivity contribution >= 4 is 11.0 Å². The van der Waals surface area contributed by atoms with Crippen molar-refractivity contribution in [1.82, 2.24) is 20.0 Å². The first-order valence-corrected chi connectivity index (χ1v) is 5.60. The van der Waals surface area contributed by atoms with Gasteiger partial charge in [0.25, 0.3) is 0 Å². The van der Waals surface area contributed by atoms with E-state index in [2.05, 4.69) is 15.3 Å². The van der Waals surface area contributed by atoms with E-state index >= 15 is 0 Å². The van der Waals surface area contributed by atoms with Crippen molar-refractivity contribution < 1.29 is 0 Å². The summed E-state index contributed by atoms with van der Waals surface area (Å²) in [4.78, 5) is 4.01. The number of rotatable bonds is 3. The molecular formula is C13H12N4. The van der Waals surface area contributed by atoms with E-state index in [9.17, 15) is 0 Å². The number of aromatic nitrogens is 4. The number of pyridine rings is 1. The van der Waals surface area contributed by atoms with Crippen LogP contribution in [0.3, 0.4) is 0 Å². The van der Waals surface area contributed by atoms with Gasteiger partial charge < -0.3 is 0 Å². The maximum Gasteiger partial charge on any atom is 0.113 e. The van der Waals surface area contributed by atoms with Crippen LogP contribution in [0.2, 0.25) is 0 Å². The number of hydrogen-bond acceptors (Lipinski definition) is 3. The lowest BCUT2D eigenvalue weighted by molar-refractivity contribution is 0.606. The molecule has 0 spiro atoms. The molecule has 84 valence electrons. The molecule has 0 aliphatic carbocycles. The van der Waals surface area contributed by atoms with E-state index in [1.807, 2.05) is 53.5 Å². The molecule has 0 aliphatic rings. The van der Waals surface area contributed by atoms with Gasteiger partial charge in [-0.1, -0.05) is 17.3 Å². The van der Waals surface area contributed by atoms with Crippen molar-refractivity contribution in [3.8, 4) is 0 Å². The quantitative estimate of drug-likeness (QED) is 0.684. The van der Waals surface area contributed by atoms with Gasteiger partial charge in [0.05, 0.1) is 5.52 Å². The molecule has 0 bridgehead atoms. The van der Waals surface area contributed by atoms with Gasteiger partial charge in [-0.25, -0.2) is 4.68 Å². The van der Waals surface area contributed by atoms with Gasteiger partial charge in [0.2, 0.25) is 0 Å². The number of benzene rings is 1. The molecule has 3 aromatic rings. The second kappa shape index (κ2) is 4.33. The van der Waals surface area contributed by atoms with Crippen molar-refractivity contribution in [2.75, 3.05) is 0 Å². The van der Waals surface area contributed by atoms with Crippen LogP contribution < -0.4 is 0 Å². The summed E-state index contributed by atoms with van der Waals surface area (Å²) in [6, 6.07) is 12.1. The molecule has 0 unspecified atom stereocenters. The van der Waals surface area contributed by atoms with Gasteiger partial charge in [-0.3, -0.25) is 4.98 Å². The highest BCUT2D eigenvalue weighted by molar-refractivity contribution is 5.73. The molecule has 0 aliphatic heterocycles. The molecule has 1 aromatic carbocycles. The Kier molecular flexibility index (Phi) is 2.54. The number of hydrogen-bond donors (Lipinski definition) is 0. The highest BCUT2D eigenvalue weighted by Crippen LogP contribution is 2.10. The Morgan fingerprint density at radius 1 is 1.00 bits per heavy atom. The van der Waals surface area contributed by atoms with Crippen LogP contribution in [0.25, 0.3) is 11.0 Å². The zero-order valence-corrected chi connectivity index (χ0v) is 9.32. The lowest BCUT2D eigenvalue weighted by Gasteiger charge is -2.02. The minimum absolute atomic E-state index is 0.838. The smallest absolute Gasteiger partial charge is 0.113 e. The topological polar surface area (TPSA) is 43.6 Å². The lowest BCUT2D eigenvalue weighted by Crippen LogP contribution is -2.03. The van der Waals surface area contributed by atoms with Crippen LogP contribution in [0.1, 0.15) is 5.56 Å². The van der Waals surface area contributed by atoms with Crippen molar-refractivity contribution in [2.45, 2.75) is 13.0 Å². The van der Waals surface area contributed by atoms with Crippen LogP contribution in [-0.4, -0.2) is 20.0 Å². The van der Waals surface area contributed by atoms with Gasteiger partial charge >= 0.3 is 0 Å². The Labute approximate surface area is 98.9 Å². The third kappa shape index (κ3) is 2.01. The average Bonchev–Trinajstić information content (AvgIpc) is 2.81. The standard InChI is InChI=1S/C13H12N4/c1-2-4-13-12(3-1)15-16-17(13)10-7-11-5-8-14-9-6-11/h1-6,8-9H,7,10H2. The molecular weight excluding hydrogens is 212 g/mol. The Bertz CT molecular complexity index is 615. The van der Waals surface area contributed by atoms with E-state index < -0.39 is 0 Å². The fourth-order valence-corrected chi connectivity index (χ4v) is 1.87. The van der Waals surface area contributed by atoms with Crippen LogP contribution >= 0.6 is 0 Å². The van der Waals surface area contributed by atoms with E-state index in [0.29, 0.717) is 0 Å². The van der Waals surface area contributed by atoms with Crippen LogP contribution in [-0.2, 0) is 13.0 Å². The van der Waals surface area contributed by atoms with E-state index in [4.69, 9.17) is 0 Å². The molecule has 4 heteroatoms. The molecule has 0 saturated heterocycles. The lowest BCUT2D eigenvalue weighted by atomic mass is 10.2.